The Morgan fingerprint density at radius 2 is 2.00 bits per heavy atom. The predicted molar refractivity (Wildman–Crippen MR) is 80.5 cm³/mol. The van der Waals surface area contributed by atoms with E-state index in [0.717, 1.165) is 22.2 Å². The number of halogens is 2. The van der Waals surface area contributed by atoms with Gasteiger partial charge in [0, 0.05) is 23.2 Å². The molecular weight excluding hydrogens is 275 g/mol. The molecule has 2 aromatic carbocycles. The molecular formula is C16H12ClFN2. The zero-order chi connectivity index (χ0) is 13.9. The maximum Gasteiger partial charge on any atom is 0.123 e. The summed E-state index contributed by atoms with van der Waals surface area (Å²) < 4.78 is 13.1. The highest BCUT2D eigenvalue weighted by Gasteiger charge is 2.04. The number of hydrogen-bond acceptors (Lipinski definition) is 2. The van der Waals surface area contributed by atoms with Crippen LogP contribution in [0.1, 0.15) is 5.56 Å². The molecule has 3 rings (SSSR count). The number of nitrogens with one attached hydrogen (secondary N) is 1. The number of fused-ring (bicyclic) bond motifs is 1. The molecule has 0 aliphatic rings. The molecule has 100 valence electrons. The van der Waals surface area contributed by atoms with E-state index in [0.29, 0.717) is 11.6 Å². The zero-order valence-electron chi connectivity index (χ0n) is 10.6. The van der Waals surface area contributed by atoms with E-state index in [1.165, 1.54) is 12.1 Å². The molecule has 3 aromatic rings. The second-order valence-corrected chi connectivity index (χ2v) is 4.95. The van der Waals surface area contributed by atoms with E-state index >= 15 is 0 Å². The molecule has 0 spiro atoms. The number of rotatable bonds is 3. The van der Waals surface area contributed by atoms with Gasteiger partial charge in [-0.2, -0.15) is 0 Å². The molecule has 2 nitrogen and oxygen atoms in total. The lowest BCUT2D eigenvalue weighted by Gasteiger charge is -2.10. The first kappa shape index (κ1) is 12.9. The van der Waals surface area contributed by atoms with Crippen LogP contribution in [0.5, 0.6) is 0 Å². The molecule has 0 fully saturated rings. The number of anilines is 1. The Kier molecular flexibility index (Phi) is 3.52. The normalized spacial score (nSPS) is 10.7. The number of hydrogen-bond donors (Lipinski definition) is 1. The van der Waals surface area contributed by atoms with Gasteiger partial charge in [-0.3, -0.25) is 4.98 Å². The van der Waals surface area contributed by atoms with Crippen LogP contribution in [0.2, 0.25) is 5.02 Å². The van der Waals surface area contributed by atoms with Gasteiger partial charge < -0.3 is 5.32 Å². The monoisotopic (exact) mass is 286 g/mol. The first-order valence-corrected chi connectivity index (χ1v) is 6.63. The number of pyridine rings is 1. The minimum Gasteiger partial charge on any atom is -0.379 e. The van der Waals surface area contributed by atoms with Crippen LogP contribution in [0, 0.1) is 5.82 Å². The van der Waals surface area contributed by atoms with E-state index in [4.69, 9.17) is 11.6 Å². The molecule has 0 atom stereocenters. The highest BCUT2D eigenvalue weighted by Crippen LogP contribution is 2.26. The predicted octanol–water partition coefficient (Wildman–Crippen LogP) is 4.64. The Balaban J connectivity index is 1.91. The number of nitrogens with zero attached hydrogens (tertiary/aromatic N) is 1. The van der Waals surface area contributed by atoms with Crippen molar-refractivity contribution in [3.63, 3.8) is 0 Å². The molecule has 1 N–H and O–H groups in total. The van der Waals surface area contributed by atoms with Crippen LogP contribution < -0.4 is 5.32 Å². The minimum absolute atomic E-state index is 0.238. The molecule has 0 radical (unpaired) electrons. The molecule has 4 heteroatoms. The van der Waals surface area contributed by atoms with Crippen molar-refractivity contribution in [2.45, 2.75) is 6.54 Å². The van der Waals surface area contributed by atoms with Gasteiger partial charge in [0.2, 0.25) is 0 Å². The molecule has 0 amide bonds. The molecule has 0 unspecified atom stereocenters. The standard InChI is InChI=1S/C16H12ClFN2/c17-13-8-12-4-2-6-19-16(12)15(9-13)20-10-11-3-1-5-14(18)7-11/h1-9,20H,10H2. The molecule has 20 heavy (non-hydrogen) atoms. The maximum atomic E-state index is 13.1. The summed E-state index contributed by atoms with van der Waals surface area (Å²) in [5, 5.41) is 4.88. The van der Waals surface area contributed by atoms with Gasteiger partial charge in [0.05, 0.1) is 11.2 Å². The Bertz CT molecular complexity index is 758. The van der Waals surface area contributed by atoms with E-state index in [1.807, 2.05) is 30.3 Å². The van der Waals surface area contributed by atoms with Gasteiger partial charge in [0.15, 0.2) is 0 Å². The summed E-state index contributed by atoms with van der Waals surface area (Å²) in [5.41, 5.74) is 2.57. The highest BCUT2D eigenvalue weighted by atomic mass is 35.5. The number of benzene rings is 2. The third-order valence-corrected chi connectivity index (χ3v) is 3.26. The molecule has 0 aliphatic carbocycles. The van der Waals surface area contributed by atoms with E-state index < -0.39 is 0 Å². The quantitative estimate of drug-likeness (QED) is 0.759. The van der Waals surface area contributed by atoms with Crippen molar-refractivity contribution in [3.05, 3.63) is 71.1 Å². The van der Waals surface area contributed by atoms with Gasteiger partial charge >= 0.3 is 0 Å². The lowest BCUT2D eigenvalue weighted by molar-refractivity contribution is 0.626. The molecule has 0 bridgehead atoms. The second kappa shape index (κ2) is 5.47. The fourth-order valence-corrected chi connectivity index (χ4v) is 2.36. The van der Waals surface area contributed by atoms with Crippen LogP contribution in [-0.4, -0.2) is 4.98 Å². The summed E-state index contributed by atoms with van der Waals surface area (Å²) in [7, 11) is 0. The van der Waals surface area contributed by atoms with Gasteiger partial charge in [-0.15, -0.1) is 0 Å². The van der Waals surface area contributed by atoms with Crippen LogP contribution >= 0.6 is 11.6 Å². The fraction of sp³-hybridized carbons (Fsp3) is 0.0625. The average Bonchev–Trinajstić information content (AvgIpc) is 2.44. The minimum atomic E-state index is -0.238. The van der Waals surface area contributed by atoms with Gasteiger partial charge in [-0.1, -0.05) is 29.8 Å². The van der Waals surface area contributed by atoms with Crippen molar-refractivity contribution in [1.29, 1.82) is 0 Å². The van der Waals surface area contributed by atoms with E-state index in [2.05, 4.69) is 10.3 Å². The van der Waals surface area contributed by atoms with Crippen molar-refractivity contribution in [1.82, 2.24) is 4.98 Å². The topological polar surface area (TPSA) is 24.9 Å². The van der Waals surface area contributed by atoms with E-state index in [9.17, 15) is 4.39 Å². The third-order valence-electron chi connectivity index (χ3n) is 3.04. The Labute approximate surface area is 121 Å². The Morgan fingerprint density at radius 1 is 1.10 bits per heavy atom. The summed E-state index contributed by atoms with van der Waals surface area (Å²) in [6.45, 7) is 0.518. The summed E-state index contributed by atoms with van der Waals surface area (Å²) in [4.78, 5) is 4.36. The van der Waals surface area contributed by atoms with Crippen LogP contribution in [-0.2, 0) is 6.54 Å². The van der Waals surface area contributed by atoms with E-state index in [-0.39, 0.29) is 5.82 Å². The van der Waals surface area contributed by atoms with Crippen molar-refractivity contribution in [3.8, 4) is 0 Å². The van der Waals surface area contributed by atoms with E-state index in [1.54, 1.807) is 12.3 Å². The summed E-state index contributed by atoms with van der Waals surface area (Å²) in [5.74, 6) is -0.238. The summed E-state index contributed by atoms with van der Waals surface area (Å²) >= 11 is 6.10. The van der Waals surface area contributed by atoms with Crippen LogP contribution in [0.15, 0.2) is 54.7 Å². The lowest BCUT2D eigenvalue weighted by Crippen LogP contribution is -2.01. The first-order chi connectivity index (χ1) is 9.72. The average molecular weight is 287 g/mol. The fourth-order valence-electron chi connectivity index (χ4n) is 2.13. The maximum absolute atomic E-state index is 13.1. The smallest absolute Gasteiger partial charge is 0.123 e. The van der Waals surface area contributed by atoms with Gasteiger partial charge in [-0.05, 0) is 35.9 Å². The Hall–Kier alpha value is -2.13. The van der Waals surface area contributed by atoms with Crippen LogP contribution in [0.3, 0.4) is 0 Å². The summed E-state index contributed by atoms with van der Waals surface area (Å²) in [6, 6.07) is 14.0. The molecule has 1 heterocycles. The summed E-state index contributed by atoms with van der Waals surface area (Å²) in [6.07, 6.45) is 1.74. The lowest BCUT2D eigenvalue weighted by atomic mass is 10.1. The van der Waals surface area contributed by atoms with Crippen molar-refractivity contribution < 1.29 is 4.39 Å². The number of aromatic nitrogens is 1. The molecule has 0 saturated carbocycles. The largest absolute Gasteiger partial charge is 0.379 e. The van der Waals surface area contributed by atoms with Crippen molar-refractivity contribution in [2.75, 3.05) is 5.32 Å². The van der Waals surface area contributed by atoms with Crippen LogP contribution in [0.4, 0.5) is 10.1 Å². The SMILES string of the molecule is Fc1cccc(CNc2cc(Cl)cc3cccnc23)c1. The van der Waals surface area contributed by atoms with Gasteiger partial charge in [0.1, 0.15) is 5.82 Å². The zero-order valence-corrected chi connectivity index (χ0v) is 11.4. The van der Waals surface area contributed by atoms with Gasteiger partial charge in [-0.25, -0.2) is 4.39 Å². The van der Waals surface area contributed by atoms with Gasteiger partial charge in [0.25, 0.3) is 0 Å². The third kappa shape index (κ3) is 2.73. The molecule has 0 saturated heterocycles. The van der Waals surface area contributed by atoms with Crippen molar-refractivity contribution in [2.24, 2.45) is 0 Å². The molecule has 0 aliphatic heterocycles. The highest BCUT2D eigenvalue weighted by molar-refractivity contribution is 6.31. The van der Waals surface area contributed by atoms with Crippen molar-refractivity contribution >= 4 is 28.2 Å². The van der Waals surface area contributed by atoms with Crippen LogP contribution in [0.25, 0.3) is 10.9 Å². The second-order valence-electron chi connectivity index (χ2n) is 4.51. The first-order valence-electron chi connectivity index (χ1n) is 6.25. The molecule has 1 aromatic heterocycles. The Morgan fingerprint density at radius 3 is 2.85 bits per heavy atom.